The molecule has 8 nitrogen and oxygen atoms in total. The van der Waals surface area contributed by atoms with Crippen LogP contribution in [0.15, 0.2) is 12.4 Å². The van der Waals surface area contributed by atoms with E-state index in [1.54, 1.807) is 11.8 Å². The lowest BCUT2D eigenvalue weighted by atomic mass is 9.33. The molecule has 2 bridgehead atoms. The molecule has 178 valence electrons. The molecule has 1 saturated heterocycles. The van der Waals surface area contributed by atoms with Crippen LogP contribution < -0.4 is 10.6 Å². The van der Waals surface area contributed by atoms with Crippen molar-refractivity contribution in [2.75, 3.05) is 23.7 Å². The molecule has 0 aromatic carbocycles. The van der Waals surface area contributed by atoms with Crippen LogP contribution in [0.2, 0.25) is 0 Å². The fraction of sp³-hybridized carbons (Fsp3) is 0.600. The number of halogens is 5. The van der Waals surface area contributed by atoms with Gasteiger partial charge in [-0.25, -0.2) is 9.67 Å². The Bertz CT molecular complexity index is 1080. The molecular weight excluding hydrogens is 451 g/mol. The molecule has 0 spiro atoms. The van der Waals surface area contributed by atoms with E-state index < -0.39 is 29.7 Å². The molecule has 3 heterocycles. The topological polar surface area (TPSA) is 99.2 Å². The molecule has 2 N–H and O–H groups in total. The number of alkyl halides is 5. The summed E-state index contributed by atoms with van der Waals surface area (Å²) in [4.78, 5) is 22.1. The van der Waals surface area contributed by atoms with Gasteiger partial charge < -0.3 is 15.4 Å². The summed E-state index contributed by atoms with van der Waals surface area (Å²) in [5, 5.41) is 3.63. The molecule has 6 rings (SSSR count). The Labute approximate surface area is 184 Å². The third kappa shape index (κ3) is 3.27. The highest BCUT2D eigenvalue weighted by molar-refractivity contribution is 5.84. The molecule has 2 aromatic heterocycles. The molecule has 3 saturated carbocycles. The van der Waals surface area contributed by atoms with Crippen LogP contribution in [-0.2, 0) is 10.2 Å². The maximum atomic E-state index is 13.3. The van der Waals surface area contributed by atoms with Gasteiger partial charge in [-0.2, -0.15) is 32.0 Å². The van der Waals surface area contributed by atoms with Gasteiger partial charge in [0.1, 0.15) is 11.9 Å². The Morgan fingerprint density at radius 1 is 1.24 bits per heavy atom. The predicted molar refractivity (Wildman–Crippen MR) is 105 cm³/mol. The monoisotopic (exact) mass is 472 g/mol. The SMILES string of the molecule is C[C@@H]1CN(c2nc(N)c(C=O)c(C34CC(C(F)(F)F)(C3)C4)n2)C[C@H](c2cnn(C(F)F)c2)O1. The Balaban J connectivity index is 1.44. The maximum absolute atomic E-state index is 13.3. The highest BCUT2D eigenvalue weighted by Gasteiger charge is 2.79. The zero-order valence-electron chi connectivity index (χ0n) is 17.5. The average Bonchev–Trinajstić information content (AvgIpc) is 3.14. The highest BCUT2D eigenvalue weighted by Crippen LogP contribution is 2.78. The third-order valence-corrected chi connectivity index (χ3v) is 6.95. The van der Waals surface area contributed by atoms with Crippen molar-refractivity contribution in [3.05, 3.63) is 29.2 Å². The standard InChI is InChI=1S/C20H21F5N6O2/c1-10-3-30(5-13(33-10)11-2-27-31(4-11)16(21)22)17-28-14(12(6-32)15(26)29-17)18-7-19(8-18,9-18)20(23,24)25/h2,4,6,10,13,16H,3,5,7-9H2,1H3,(H2,26,28,29)/t10-,13-,18?,19?/m1/s1. The van der Waals surface area contributed by atoms with Gasteiger partial charge in [0.25, 0.3) is 0 Å². The number of rotatable bonds is 5. The number of anilines is 2. The summed E-state index contributed by atoms with van der Waals surface area (Å²) in [6.45, 7) is -0.462. The fourth-order valence-corrected chi connectivity index (χ4v) is 5.40. The molecule has 1 aliphatic heterocycles. The number of aromatic nitrogens is 4. The van der Waals surface area contributed by atoms with Crippen molar-refractivity contribution in [2.24, 2.45) is 5.41 Å². The first kappa shape index (κ1) is 22.0. The summed E-state index contributed by atoms with van der Waals surface area (Å²) in [6.07, 6.45) is -2.66. The van der Waals surface area contributed by atoms with Crippen LogP contribution in [0.5, 0.6) is 0 Å². The van der Waals surface area contributed by atoms with Crippen LogP contribution in [0.25, 0.3) is 0 Å². The Hall–Kier alpha value is -2.83. The highest BCUT2D eigenvalue weighted by atomic mass is 19.4. The van der Waals surface area contributed by atoms with Gasteiger partial charge in [-0.1, -0.05) is 0 Å². The minimum atomic E-state index is -4.30. The number of nitrogens with two attached hydrogens (primary N) is 1. The van der Waals surface area contributed by atoms with Crippen LogP contribution >= 0.6 is 0 Å². The van der Waals surface area contributed by atoms with E-state index in [-0.39, 0.29) is 54.9 Å². The van der Waals surface area contributed by atoms with Gasteiger partial charge in [0.2, 0.25) is 5.95 Å². The van der Waals surface area contributed by atoms with Crippen molar-refractivity contribution in [1.82, 2.24) is 19.7 Å². The Morgan fingerprint density at radius 2 is 1.94 bits per heavy atom. The number of hydrogen-bond acceptors (Lipinski definition) is 7. The van der Waals surface area contributed by atoms with Crippen molar-refractivity contribution in [1.29, 1.82) is 0 Å². The first-order valence-corrected chi connectivity index (χ1v) is 10.4. The van der Waals surface area contributed by atoms with E-state index in [1.807, 2.05) is 0 Å². The van der Waals surface area contributed by atoms with Crippen molar-refractivity contribution < 1.29 is 31.5 Å². The molecular formula is C20H21F5N6O2. The van der Waals surface area contributed by atoms with E-state index in [1.165, 1.54) is 12.4 Å². The van der Waals surface area contributed by atoms with Gasteiger partial charge in [-0.3, -0.25) is 4.79 Å². The lowest BCUT2D eigenvalue weighted by Crippen LogP contribution is -2.70. The lowest BCUT2D eigenvalue weighted by Gasteiger charge is -2.70. The molecule has 13 heteroatoms. The minimum Gasteiger partial charge on any atom is -0.383 e. The smallest absolute Gasteiger partial charge is 0.383 e. The molecule has 33 heavy (non-hydrogen) atoms. The first-order chi connectivity index (χ1) is 15.5. The maximum Gasteiger partial charge on any atom is 0.394 e. The van der Waals surface area contributed by atoms with Gasteiger partial charge in [0, 0.05) is 23.7 Å². The largest absolute Gasteiger partial charge is 0.394 e. The zero-order chi connectivity index (χ0) is 23.8. The minimum absolute atomic E-state index is 0.0188. The number of aldehydes is 1. The number of nitrogens with zero attached hydrogens (tertiary/aromatic N) is 5. The Morgan fingerprint density at radius 3 is 2.52 bits per heavy atom. The second kappa shape index (κ2) is 7.08. The van der Waals surface area contributed by atoms with Crippen LogP contribution in [0.4, 0.5) is 33.7 Å². The van der Waals surface area contributed by atoms with E-state index >= 15 is 0 Å². The average molecular weight is 472 g/mol. The third-order valence-electron chi connectivity index (χ3n) is 6.95. The molecule has 4 aliphatic rings. The number of carbonyl (C=O) groups excluding carboxylic acids is 1. The van der Waals surface area contributed by atoms with E-state index in [2.05, 4.69) is 15.1 Å². The van der Waals surface area contributed by atoms with E-state index in [4.69, 9.17) is 10.5 Å². The summed E-state index contributed by atoms with van der Waals surface area (Å²) in [5.41, 5.74) is 4.16. The van der Waals surface area contributed by atoms with Crippen molar-refractivity contribution in [3.63, 3.8) is 0 Å². The molecule has 2 aromatic rings. The molecule has 4 fully saturated rings. The summed E-state index contributed by atoms with van der Waals surface area (Å²) in [7, 11) is 0. The Kier molecular flexibility index (Phi) is 4.72. The van der Waals surface area contributed by atoms with Crippen molar-refractivity contribution in [2.45, 2.75) is 56.5 Å². The van der Waals surface area contributed by atoms with E-state index in [0.717, 1.165) is 0 Å². The summed E-state index contributed by atoms with van der Waals surface area (Å²) in [5.74, 6) is 0.0669. The summed E-state index contributed by atoms with van der Waals surface area (Å²) < 4.78 is 72.2. The molecule has 0 amide bonds. The normalized spacial score (nSPS) is 31.3. The van der Waals surface area contributed by atoms with Crippen LogP contribution in [0.1, 0.15) is 60.5 Å². The number of ether oxygens (including phenoxy) is 1. The molecule has 0 radical (unpaired) electrons. The molecule has 2 atom stereocenters. The lowest BCUT2D eigenvalue weighted by molar-refractivity contribution is -0.337. The van der Waals surface area contributed by atoms with Crippen LogP contribution in [0, 0.1) is 5.41 Å². The van der Waals surface area contributed by atoms with Crippen molar-refractivity contribution >= 4 is 18.1 Å². The predicted octanol–water partition coefficient (Wildman–Crippen LogP) is 3.41. The first-order valence-electron chi connectivity index (χ1n) is 10.4. The number of hydrogen-bond donors (Lipinski definition) is 1. The number of morpholine rings is 1. The quantitative estimate of drug-likeness (QED) is 0.526. The molecule has 0 unspecified atom stereocenters. The second-order valence-corrected chi connectivity index (χ2v) is 9.25. The number of carbonyl (C=O) groups is 1. The van der Waals surface area contributed by atoms with Gasteiger partial charge in [-0.05, 0) is 26.2 Å². The number of nitrogen functional groups attached to an aromatic ring is 1. The second-order valence-electron chi connectivity index (χ2n) is 9.25. The fourth-order valence-electron chi connectivity index (χ4n) is 5.40. The van der Waals surface area contributed by atoms with Crippen LogP contribution in [0.3, 0.4) is 0 Å². The molecule has 3 aliphatic carbocycles. The zero-order valence-corrected chi connectivity index (χ0v) is 17.5. The van der Waals surface area contributed by atoms with Crippen molar-refractivity contribution in [3.8, 4) is 0 Å². The van der Waals surface area contributed by atoms with E-state index in [9.17, 15) is 26.7 Å². The summed E-state index contributed by atoms with van der Waals surface area (Å²) in [6, 6.07) is 0. The van der Waals surface area contributed by atoms with Gasteiger partial charge >= 0.3 is 12.7 Å². The van der Waals surface area contributed by atoms with Crippen LogP contribution in [-0.4, -0.2) is 51.4 Å². The van der Waals surface area contributed by atoms with E-state index in [0.29, 0.717) is 23.1 Å². The van der Waals surface area contributed by atoms with Gasteiger partial charge in [0.15, 0.2) is 6.29 Å². The van der Waals surface area contributed by atoms with Gasteiger partial charge in [-0.15, -0.1) is 0 Å². The summed E-state index contributed by atoms with van der Waals surface area (Å²) >= 11 is 0. The van der Waals surface area contributed by atoms with Gasteiger partial charge in [0.05, 0.1) is 35.5 Å².